The summed E-state index contributed by atoms with van der Waals surface area (Å²) < 4.78 is 32.6. The molecular weight excluding hydrogens is 375 g/mol. The van der Waals surface area contributed by atoms with Crippen molar-refractivity contribution in [3.63, 3.8) is 0 Å². The largest absolute Gasteiger partial charge is 1.00 e. The van der Waals surface area contributed by atoms with Crippen LogP contribution in [0.1, 0.15) is 0 Å². The maximum atomic E-state index is 12.4. The summed E-state index contributed by atoms with van der Waals surface area (Å²) in [5.41, 5.74) is 0.261. The van der Waals surface area contributed by atoms with Gasteiger partial charge >= 0.3 is 29.6 Å². The van der Waals surface area contributed by atoms with Crippen molar-refractivity contribution in [3.05, 3.63) is 59.6 Å². The maximum absolute atomic E-state index is 12.4. The van der Waals surface area contributed by atoms with Crippen LogP contribution in [0.3, 0.4) is 0 Å². The van der Waals surface area contributed by atoms with Gasteiger partial charge in [-0.25, -0.2) is 0 Å². The summed E-state index contributed by atoms with van der Waals surface area (Å²) in [5, 5.41) is 21.0. The Labute approximate surface area is 171 Å². The second-order valence-corrected chi connectivity index (χ2v) is 6.75. The molecular formula is C16H10ClN2NaO4S. The third-order valence-electron chi connectivity index (χ3n) is 3.32. The monoisotopic (exact) mass is 384 g/mol. The van der Waals surface area contributed by atoms with Gasteiger partial charge in [-0.05, 0) is 35.7 Å². The summed E-state index contributed by atoms with van der Waals surface area (Å²) in [6.45, 7) is 0. The van der Waals surface area contributed by atoms with Gasteiger partial charge in [-0.3, -0.25) is 4.55 Å². The van der Waals surface area contributed by atoms with Crippen LogP contribution in [0, 0.1) is 0 Å². The third-order valence-corrected chi connectivity index (χ3v) is 4.46. The number of benzene rings is 3. The molecule has 122 valence electrons. The molecule has 0 fully saturated rings. The Bertz CT molecular complexity index is 1050. The number of nitrogens with zero attached hydrogens (tertiary/aromatic N) is 2. The van der Waals surface area contributed by atoms with Gasteiger partial charge in [0.1, 0.15) is 4.90 Å². The van der Waals surface area contributed by atoms with Gasteiger partial charge in [-0.1, -0.05) is 41.6 Å². The van der Waals surface area contributed by atoms with Crippen molar-refractivity contribution < 1.29 is 47.6 Å². The molecule has 0 aliphatic carbocycles. The number of azo groups is 1. The summed E-state index contributed by atoms with van der Waals surface area (Å²) in [6.07, 6.45) is 0. The predicted octanol–water partition coefficient (Wildman–Crippen LogP) is 1.23. The molecule has 0 aromatic heterocycles. The fourth-order valence-electron chi connectivity index (χ4n) is 2.21. The molecule has 0 unspecified atom stereocenters. The fraction of sp³-hybridized carbons (Fsp3) is 0. The van der Waals surface area contributed by atoms with Crippen molar-refractivity contribution in [1.29, 1.82) is 0 Å². The number of hydrogen-bond acceptors (Lipinski definition) is 5. The van der Waals surface area contributed by atoms with E-state index in [0.29, 0.717) is 10.7 Å². The minimum absolute atomic E-state index is 0. The molecule has 0 saturated heterocycles. The summed E-state index contributed by atoms with van der Waals surface area (Å²) in [6, 6.07) is 13.5. The Morgan fingerprint density at radius 3 is 2.16 bits per heavy atom. The Balaban J connectivity index is 0.00000225. The fourth-order valence-corrected chi connectivity index (χ4v) is 3.05. The van der Waals surface area contributed by atoms with Crippen molar-refractivity contribution >= 4 is 43.9 Å². The molecule has 0 radical (unpaired) electrons. The molecule has 0 atom stereocenters. The van der Waals surface area contributed by atoms with Crippen LogP contribution in [0.4, 0.5) is 11.4 Å². The molecule has 3 aromatic carbocycles. The zero-order valence-corrected chi connectivity index (χ0v) is 16.6. The Hall–Kier alpha value is -1.48. The second kappa shape index (κ2) is 7.82. The number of halogens is 1. The molecule has 1 N–H and O–H groups in total. The van der Waals surface area contributed by atoms with E-state index in [2.05, 4.69) is 10.2 Å². The van der Waals surface area contributed by atoms with Gasteiger partial charge in [0.15, 0.2) is 0 Å². The molecule has 3 rings (SSSR count). The van der Waals surface area contributed by atoms with Gasteiger partial charge < -0.3 is 5.11 Å². The van der Waals surface area contributed by atoms with Crippen molar-refractivity contribution in [3.8, 4) is 5.75 Å². The molecule has 6 nitrogen and oxygen atoms in total. The van der Waals surface area contributed by atoms with Gasteiger partial charge in [0, 0.05) is 10.4 Å². The average Bonchev–Trinajstić information content (AvgIpc) is 2.55. The summed E-state index contributed by atoms with van der Waals surface area (Å²) in [5.74, 6) is -0.476. The van der Waals surface area contributed by atoms with Crippen LogP contribution in [0.15, 0.2) is 69.7 Å². The van der Waals surface area contributed by atoms with Crippen molar-refractivity contribution in [1.82, 2.24) is 0 Å². The van der Waals surface area contributed by atoms with Crippen LogP contribution in [0.25, 0.3) is 10.8 Å². The van der Waals surface area contributed by atoms with E-state index in [1.54, 1.807) is 36.4 Å². The van der Waals surface area contributed by atoms with Crippen LogP contribution in [0.5, 0.6) is 5.75 Å². The van der Waals surface area contributed by atoms with E-state index in [9.17, 15) is 18.1 Å². The van der Waals surface area contributed by atoms with Crippen LogP contribution < -0.4 is 34.7 Å². The van der Waals surface area contributed by atoms with E-state index in [1.165, 1.54) is 12.1 Å². The molecule has 0 aliphatic rings. The van der Waals surface area contributed by atoms with Gasteiger partial charge in [-0.15, -0.1) is 0 Å². The Morgan fingerprint density at radius 2 is 1.56 bits per heavy atom. The van der Waals surface area contributed by atoms with Crippen LogP contribution in [0.2, 0.25) is 5.02 Å². The first kappa shape index (κ1) is 19.8. The van der Waals surface area contributed by atoms with Crippen LogP contribution in [-0.4, -0.2) is 13.0 Å². The van der Waals surface area contributed by atoms with Gasteiger partial charge in [0.25, 0.3) is 10.1 Å². The topological polar surface area (TPSA) is 102 Å². The van der Waals surface area contributed by atoms with Crippen LogP contribution >= 0.6 is 11.6 Å². The quantitative estimate of drug-likeness (QED) is 0.417. The number of hydrogen-bond donors (Lipinski definition) is 1. The van der Waals surface area contributed by atoms with Gasteiger partial charge in [-0.2, -0.15) is 18.6 Å². The molecule has 0 spiro atoms. The number of fused-ring (bicyclic) bond motifs is 1. The molecule has 25 heavy (non-hydrogen) atoms. The third kappa shape index (κ3) is 4.38. The second-order valence-electron chi connectivity index (χ2n) is 4.92. The molecule has 0 aliphatic heterocycles. The number of rotatable bonds is 3. The maximum Gasteiger partial charge on any atom is 1.00 e. The van der Waals surface area contributed by atoms with Gasteiger partial charge in [0.05, 0.1) is 11.4 Å². The average molecular weight is 385 g/mol. The molecule has 9 heteroatoms. The van der Waals surface area contributed by atoms with E-state index < -0.39 is 15.9 Å². The standard InChI is InChI=1S/C16H11ClN2O4S.Na/c17-10-5-7-11(8-6-10)18-19-14-9-15(24(21,22)23)12-3-1-2-4-13(12)16(14)20;/h1-9,20H,(H,21,22,23);/q;+1/p-1. The first-order chi connectivity index (χ1) is 11.4. The molecule has 0 heterocycles. The van der Waals surface area contributed by atoms with Crippen LogP contribution in [-0.2, 0) is 10.1 Å². The van der Waals surface area contributed by atoms with E-state index in [-0.39, 0.29) is 50.9 Å². The minimum Gasteiger partial charge on any atom is -0.871 e. The van der Waals surface area contributed by atoms with E-state index in [4.69, 9.17) is 11.6 Å². The Morgan fingerprint density at radius 1 is 0.960 bits per heavy atom. The van der Waals surface area contributed by atoms with Crippen molar-refractivity contribution in [2.45, 2.75) is 4.90 Å². The normalized spacial score (nSPS) is 11.6. The zero-order chi connectivity index (χ0) is 17.3. The molecule has 0 saturated carbocycles. The van der Waals surface area contributed by atoms with E-state index >= 15 is 0 Å². The van der Waals surface area contributed by atoms with Crippen molar-refractivity contribution in [2.75, 3.05) is 0 Å². The summed E-state index contributed by atoms with van der Waals surface area (Å²) in [4.78, 5) is -0.386. The molecule has 3 aromatic rings. The van der Waals surface area contributed by atoms with E-state index in [1.807, 2.05) is 0 Å². The van der Waals surface area contributed by atoms with Gasteiger partial charge in [0.2, 0.25) is 0 Å². The summed E-state index contributed by atoms with van der Waals surface area (Å²) >= 11 is 5.77. The van der Waals surface area contributed by atoms with E-state index in [0.717, 1.165) is 6.07 Å². The molecule has 0 amide bonds. The Kier molecular flexibility index (Phi) is 6.21. The SMILES string of the molecule is O=S(=O)(O)c1cc(N=Nc2ccc(Cl)cc2)c([O-])c2ccccc12.[Na+]. The first-order valence-electron chi connectivity index (χ1n) is 6.74. The smallest absolute Gasteiger partial charge is 0.871 e. The zero-order valence-electron chi connectivity index (χ0n) is 13.0. The molecule has 0 bridgehead atoms. The first-order valence-corrected chi connectivity index (χ1v) is 8.55. The predicted molar refractivity (Wildman–Crippen MR) is 88.8 cm³/mol. The summed E-state index contributed by atoms with van der Waals surface area (Å²) in [7, 11) is -4.52. The van der Waals surface area contributed by atoms with Crippen molar-refractivity contribution in [2.24, 2.45) is 10.2 Å². The minimum atomic E-state index is -4.52.